The number of nitrogens with zero attached hydrogens (tertiary/aromatic N) is 1. The molecule has 0 spiro atoms. The summed E-state index contributed by atoms with van der Waals surface area (Å²) in [6, 6.07) is 0.806. The average Bonchev–Trinajstić information content (AvgIpc) is 2.70. The van der Waals surface area contributed by atoms with E-state index in [1.807, 2.05) is 14.0 Å². The second-order valence-electron chi connectivity index (χ2n) is 4.44. The summed E-state index contributed by atoms with van der Waals surface area (Å²) in [6.07, 6.45) is 2.13. The molecular formula is C11H24ClN3O. The normalized spacial score (nSPS) is 21.6. The Morgan fingerprint density at radius 2 is 2.31 bits per heavy atom. The minimum Gasteiger partial charge on any atom is -0.353 e. The highest BCUT2D eigenvalue weighted by Gasteiger charge is 2.20. The Bertz CT molecular complexity index is 207. The maximum Gasteiger partial charge on any atom is 0.234 e. The van der Waals surface area contributed by atoms with E-state index in [2.05, 4.69) is 22.5 Å². The summed E-state index contributed by atoms with van der Waals surface area (Å²) >= 11 is 0. The summed E-state index contributed by atoms with van der Waals surface area (Å²) in [6.45, 7) is 6.70. The molecule has 1 aliphatic heterocycles. The van der Waals surface area contributed by atoms with Crippen LogP contribution in [0.15, 0.2) is 0 Å². The number of rotatable bonds is 5. The van der Waals surface area contributed by atoms with Crippen molar-refractivity contribution in [3.63, 3.8) is 0 Å². The second-order valence-corrected chi connectivity index (χ2v) is 4.44. The molecule has 16 heavy (non-hydrogen) atoms. The molecule has 1 amide bonds. The van der Waals surface area contributed by atoms with Crippen LogP contribution in [0.3, 0.4) is 0 Å². The molecule has 2 atom stereocenters. The first-order valence-electron chi connectivity index (χ1n) is 5.83. The molecule has 1 saturated heterocycles. The summed E-state index contributed by atoms with van der Waals surface area (Å²) in [4.78, 5) is 13.7. The fourth-order valence-electron chi connectivity index (χ4n) is 1.79. The summed E-state index contributed by atoms with van der Waals surface area (Å²) < 4.78 is 0. The van der Waals surface area contributed by atoms with Gasteiger partial charge in [0.2, 0.25) is 5.91 Å². The standard InChI is InChI=1S/C11H23N3O.ClH/c1-4-9(2)13-11(15)8-14(3)10-5-6-12-7-10;/h9-10,12H,4-8H2,1-3H3,(H,13,15);1H. The highest BCUT2D eigenvalue weighted by molar-refractivity contribution is 5.85. The number of halogens is 1. The highest BCUT2D eigenvalue weighted by Crippen LogP contribution is 2.05. The van der Waals surface area contributed by atoms with Crippen LogP contribution in [0, 0.1) is 0 Å². The molecule has 1 fully saturated rings. The molecule has 0 aromatic carbocycles. The van der Waals surface area contributed by atoms with E-state index in [1.54, 1.807) is 0 Å². The van der Waals surface area contributed by atoms with Crippen molar-refractivity contribution in [1.82, 2.24) is 15.5 Å². The van der Waals surface area contributed by atoms with Crippen molar-refractivity contribution >= 4 is 18.3 Å². The third-order valence-electron chi connectivity index (χ3n) is 3.07. The third kappa shape index (κ3) is 5.14. The molecule has 0 aliphatic carbocycles. The molecular weight excluding hydrogens is 226 g/mol. The van der Waals surface area contributed by atoms with E-state index in [-0.39, 0.29) is 24.4 Å². The third-order valence-corrected chi connectivity index (χ3v) is 3.07. The maximum atomic E-state index is 11.6. The number of hydrogen-bond acceptors (Lipinski definition) is 3. The van der Waals surface area contributed by atoms with Crippen LogP contribution in [-0.4, -0.2) is 49.6 Å². The Kier molecular flexibility index (Phi) is 7.72. The van der Waals surface area contributed by atoms with Gasteiger partial charge in [0.15, 0.2) is 0 Å². The predicted octanol–water partition coefficient (Wildman–Crippen LogP) is 0.617. The van der Waals surface area contributed by atoms with Crippen molar-refractivity contribution in [3.05, 3.63) is 0 Å². The molecule has 0 aromatic rings. The molecule has 2 unspecified atom stereocenters. The number of carbonyl (C=O) groups excluding carboxylic acids is 1. The lowest BCUT2D eigenvalue weighted by atomic mass is 10.2. The van der Waals surface area contributed by atoms with Crippen molar-refractivity contribution < 1.29 is 4.79 Å². The van der Waals surface area contributed by atoms with Gasteiger partial charge in [-0.3, -0.25) is 9.69 Å². The highest BCUT2D eigenvalue weighted by atomic mass is 35.5. The Balaban J connectivity index is 0.00000225. The van der Waals surface area contributed by atoms with Gasteiger partial charge in [-0.25, -0.2) is 0 Å². The average molecular weight is 250 g/mol. The molecule has 4 nitrogen and oxygen atoms in total. The van der Waals surface area contributed by atoms with E-state index in [0.29, 0.717) is 12.6 Å². The van der Waals surface area contributed by atoms with Crippen molar-refractivity contribution in [1.29, 1.82) is 0 Å². The van der Waals surface area contributed by atoms with Gasteiger partial charge in [0.25, 0.3) is 0 Å². The molecule has 0 radical (unpaired) electrons. The van der Waals surface area contributed by atoms with Crippen molar-refractivity contribution in [2.75, 3.05) is 26.7 Å². The zero-order chi connectivity index (χ0) is 11.3. The van der Waals surface area contributed by atoms with Crippen molar-refractivity contribution in [3.8, 4) is 0 Å². The predicted molar refractivity (Wildman–Crippen MR) is 69.0 cm³/mol. The summed E-state index contributed by atoms with van der Waals surface area (Å²) in [5.41, 5.74) is 0. The van der Waals surface area contributed by atoms with Crippen LogP contribution in [0.2, 0.25) is 0 Å². The molecule has 1 heterocycles. The molecule has 5 heteroatoms. The summed E-state index contributed by atoms with van der Waals surface area (Å²) in [5, 5.41) is 6.29. The molecule has 1 rings (SSSR count). The van der Waals surface area contributed by atoms with Gasteiger partial charge in [-0.1, -0.05) is 6.92 Å². The van der Waals surface area contributed by atoms with Gasteiger partial charge in [-0.2, -0.15) is 0 Å². The first kappa shape index (κ1) is 15.7. The zero-order valence-corrected chi connectivity index (χ0v) is 11.3. The quantitative estimate of drug-likeness (QED) is 0.751. The molecule has 0 aromatic heterocycles. The lowest BCUT2D eigenvalue weighted by Gasteiger charge is -2.23. The molecule has 0 bridgehead atoms. The molecule has 96 valence electrons. The maximum absolute atomic E-state index is 11.6. The number of likely N-dealkylation sites (N-methyl/N-ethyl adjacent to an activating group) is 1. The number of hydrogen-bond donors (Lipinski definition) is 2. The van der Waals surface area contributed by atoms with Gasteiger partial charge in [0.1, 0.15) is 0 Å². The summed E-state index contributed by atoms with van der Waals surface area (Å²) in [7, 11) is 2.02. The van der Waals surface area contributed by atoms with E-state index in [9.17, 15) is 4.79 Å². The van der Waals surface area contributed by atoms with Gasteiger partial charge in [0.05, 0.1) is 6.54 Å². The smallest absolute Gasteiger partial charge is 0.234 e. The van der Waals surface area contributed by atoms with Crippen LogP contribution in [-0.2, 0) is 4.79 Å². The van der Waals surface area contributed by atoms with Gasteiger partial charge in [-0.05, 0) is 33.4 Å². The first-order valence-corrected chi connectivity index (χ1v) is 5.83. The second kappa shape index (κ2) is 7.87. The number of nitrogens with one attached hydrogen (secondary N) is 2. The van der Waals surface area contributed by atoms with Crippen molar-refractivity contribution in [2.45, 2.75) is 38.8 Å². The largest absolute Gasteiger partial charge is 0.353 e. The Hall–Kier alpha value is -0.320. The lowest BCUT2D eigenvalue weighted by Crippen LogP contribution is -2.43. The SMILES string of the molecule is CCC(C)NC(=O)CN(C)C1CCNC1.Cl. The van der Waals surface area contributed by atoms with Gasteiger partial charge in [0, 0.05) is 18.6 Å². The van der Waals surface area contributed by atoms with Crippen LogP contribution >= 0.6 is 12.4 Å². The molecule has 2 N–H and O–H groups in total. The monoisotopic (exact) mass is 249 g/mol. The number of carbonyl (C=O) groups is 1. The van der Waals surface area contributed by atoms with E-state index in [4.69, 9.17) is 0 Å². The lowest BCUT2D eigenvalue weighted by molar-refractivity contribution is -0.123. The fraction of sp³-hybridized carbons (Fsp3) is 0.909. The minimum absolute atomic E-state index is 0. The van der Waals surface area contributed by atoms with Crippen LogP contribution in [0.25, 0.3) is 0 Å². The van der Waals surface area contributed by atoms with E-state index < -0.39 is 0 Å². The zero-order valence-electron chi connectivity index (χ0n) is 10.5. The van der Waals surface area contributed by atoms with E-state index >= 15 is 0 Å². The fourth-order valence-corrected chi connectivity index (χ4v) is 1.79. The van der Waals surface area contributed by atoms with Crippen LogP contribution in [0.4, 0.5) is 0 Å². The topological polar surface area (TPSA) is 44.4 Å². The van der Waals surface area contributed by atoms with E-state index in [1.165, 1.54) is 0 Å². The minimum atomic E-state index is 0. The Morgan fingerprint density at radius 3 is 2.81 bits per heavy atom. The summed E-state index contributed by atoms with van der Waals surface area (Å²) in [5.74, 6) is 0.138. The van der Waals surface area contributed by atoms with Crippen molar-refractivity contribution in [2.24, 2.45) is 0 Å². The van der Waals surface area contributed by atoms with Gasteiger partial charge < -0.3 is 10.6 Å². The first-order chi connectivity index (χ1) is 7.13. The molecule has 0 saturated carbocycles. The van der Waals surface area contributed by atoms with E-state index in [0.717, 1.165) is 25.9 Å². The Morgan fingerprint density at radius 1 is 1.62 bits per heavy atom. The molecule has 1 aliphatic rings. The van der Waals surface area contributed by atoms with Crippen LogP contribution < -0.4 is 10.6 Å². The number of amides is 1. The van der Waals surface area contributed by atoms with Crippen LogP contribution in [0.1, 0.15) is 26.7 Å². The van der Waals surface area contributed by atoms with Crippen LogP contribution in [0.5, 0.6) is 0 Å². The Labute approximate surface area is 105 Å². The van der Waals surface area contributed by atoms with Gasteiger partial charge in [-0.15, -0.1) is 12.4 Å². The van der Waals surface area contributed by atoms with Gasteiger partial charge >= 0.3 is 0 Å².